The van der Waals surface area contributed by atoms with Crippen LogP contribution in [0.1, 0.15) is 20.8 Å². The maximum absolute atomic E-state index is 10.9. The van der Waals surface area contributed by atoms with Crippen LogP contribution in [0, 0.1) is 11.8 Å². The number of rotatable bonds is 5. The molecule has 72 valence electrons. The highest BCUT2D eigenvalue weighted by Gasteiger charge is 2.06. The Labute approximate surface area is 72.9 Å². The summed E-state index contributed by atoms with van der Waals surface area (Å²) in [7, 11) is 0. The summed E-state index contributed by atoms with van der Waals surface area (Å²) in [5, 5.41) is 8.62. The second-order valence-corrected chi connectivity index (χ2v) is 3.22. The van der Waals surface area contributed by atoms with Gasteiger partial charge in [-0.25, -0.2) is 5.48 Å². The molecule has 4 heteroatoms. The molecule has 0 aliphatic rings. The van der Waals surface area contributed by atoms with E-state index in [1.54, 1.807) is 13.8 Å². The minimum absolute atomic E-state index is 0.0532. The molecule has 0 rings (SSSR count). The average Bonchev–Trinajstić information content (AvgIpc) is 2.03. The minimum Gasteiger partial charge on any atom is -0.396 e. The van der Waals surface area contributed by atoms with E-state index in [1.807, 2.05) is 6.92 Å². The number of nitrogens with one attached hydrogen (secondary N) is 1. The molecular formula is C8H17NO3. The first-order valence-electron chi connectivity index (χ1n) is 4.10. The Bertz CT molecular complexity index is 136. The molecule has 0 saturated carbocycles. The third-order valence-electron chi connectivity index (χ3n) is 1.38. The molecule has 0 aromatic carbocycles. The van der Waals surface area contributed by atoms with Gasteiger partial charge in [0.1, 0.15) is 0 Å². The van der Waals surface area contributed by atoms with Gasteiger partial charge in [-0.2, -0.15) is 0 Å². The highest BCUT2D eigenvalue weighted by atomic mass is 16.7. The Morgan fingerprint density at radius 1 is 1.50 bits per heavy atom. The second-order valence-electron chi connectivity index (χ2n) is 3.22. The van der Waals surface area contributed by atoms with Crippen LogP contribution >= 0.6 is 0 Å². The maximum atomic E-state index is 10.9. The quantitative estimate of drug-likeness (QED) is 0.591. The van der Waals surface area contributed by atoms with Gasteiger partial charge in [0.2, 0.25) is 5.91 Å². The smallest absolute Gasteiger partial charge is 0.246 e. The third-order valence-corrected chi connectivity index (χ3v) is 1.38. The third kappa shape index (κ3) is 5.09. The number of aliphatic hydroxyl groups excluding tert-OH is 1. The van der Waals surface area contributed by atoms with E-state index in [9.17, 15) is 4.79 Å². The molecule has 0 heterocycles. The number of carbonyl (C=O) groups is 1. The van der Waals surface area contributed by atoms with Crippen molar-refractivity contribution >= 4 is 5.91 Å². The first kappa shape index (κ1) is 11.4. The van der Waals surface area contributed by atoms with Crippen LogP contribution in [0.25, 0.3) is 0 Å². The predicted molar refractivity (Wildman–Crippen MR) is 45.2 cm³/mol. The molecule has 0 saturated heterocycles. The van der Waals surface area contributed by atoms with E-state index in [0.717, 1.165) is 0 Å². The molecular weight excluding hydrogens is 158 g/mol. The summed E-state index contributed by atoms with van der Waals surface area (Å²) < 4.78 is 0. The van der Waals surface area contributed by atoms with E-state index in [1.165, 1.54) is 0 Å². The molecule has 0 radical (unpaired) electrons. The van der Waals surface area contributed by atoms with E-state index in [4.69, 9.17) is 9.94 Å². The van der Waals surface area contributed by atoms with Crippen molar-refractivity contribution in [2.24, 2.45) is 11.8 Å². The summed E-state index contributed by atoms with van der Waals surface area (Å²) in [6, 6.07) is 0. The zero-order chi connectivity index (χ0) is 9.56. The zero-order valence-electron chi connectivity index (χ0n) is 7.83. The summed E-state index contributed by atoms with van der Waals surface area (Å²) in [4.78, 5) is 15.8. The maximum Gasteiger partial charge on any atom is 0.246 e. The molecule has 1 amide bonds. The van der Waals surface area contributed by atoms with Crippen LogP contribution in [0.2, 0.25) is 0 Å². The number of carbonyl (C=O) groups excluding carboxylic acids is 1. The molecule has 0 bridgehead atoms. The first-order valence-corrected chi connectivity index (χ1v) is 4.10. The van der Waals surface area contributed by atoms with Gasteiger partial charge in [0.05, 0.1) is 6.61 Å². The van der Waals surface area contributed by atoms with Gasteiger partial charge < -0.3 is 5.11 Å². The van der Waals surface area contributed by atoms with Crippen LogP contribution < -0.4 is 5.48 Å². The first-order chi connectivity index (χ1) is 5.57. The molecule has 0 fully saturated rings. The van der Waals surface area contributed by atoms with Gasteiger partial charge in [-0.05, 0) is 0 Å². The Morgan fingerprint density at radius 2 is 2.08 bits per heavy atom. The normalized spacial score (nSPS) is 13.1. The molecule has 1 atom stereocenters. The summed E-state index contributed by atoms with van der Waals surface area (Å²) in [5.41, 5.74) is 2.30. The van der Waals surface area contributed by atoms with Gasteiger partial charge in [0.25, 0.3) is 0 Å². The molecule has 2 N–H and O–H groups in total. The van der Waals surface area contributed by atoms with Crippen molar-refractivity contribution in [3.05, 3.63) is 0 Å². The lowest BCUT2D eigenvalue weighted by atomic mass is 10.2. The van der Waals surface area contributed by atoms with E-state index < -0.39 is 0 Å². The fraction of sp³-hybridized carbons (Fsp3) is 0.875. The average molecular weight is 175 g/mol. The van der Waals surface area contributed by atoms with Gasteiger partial charge in [-0.15, -0.1) is 0 Å². The van der Waals surface area contributed by atoms with Crippen molar-refractivity contribution in [2.45, 2.75) is 20.8 Å². The van der Waals surface area contributed by atoms with Crippen molar-refractivity contribution in [2.75, 3.05) is 13.2 Å². The lowest BCUT2D eigenvalue weighted by molar-refractivity contribution is -0.138. The Morgan fingerprint density at radius 3 is 2.50 bits per heavy atom. The van der Waals surface area contributed by atoms with Crippen LogP contribution in [0.4, 0.5) is 0 Å². The molecule has 12 heavy (non-hydrogen) atoms. The van der Waals surface area contributed by atoms with Crippen LogP contribution in [0.5, 0.6) is 0 Å². The summed E-state index contributed by atoms with van der Waals surface area (Å²) in [6.07, 6.45) is 0. The summed E-state index contributed by atoms with van der Waals surface area (Å²) >= 11 is 0. The van der Waals surface area contributed by atoms with Crippen molar-refractivity contribution in [1.82, 2.24) is 5.48 Å². The summed E-state index contributed by atoms with van der Waals surface area (Å²) in [5.74, 6) is -0.160. The van der Waals surface area contributed by atoms with Crippen LogP contribution in [0.3, 0.4) is 0 Å². The van der Waals surface area contributed by atoms with Crippen molar-refractivity contribution in [3.8, 4) is 0 Å². The van der Waals surface area contributed by atoms with E-state index in [-0.39, 0.29) is 24.3 Å². The number of amides is 1. The van der Waals surface area contributed by atoms with Crippen LogP contribution in [0.15, 0.2) is 0 Å². The fourth-order valence-corrected chi connectivity index (χ4v) is 0.426. The molecule has 0 spiro atoms. The van der Waals surface area contributed by atoms with Crippen LogP contribution in [-0.2, 0) is 9.63 Å². The molecule has 4 nitrogen and oxygen atoms in total. The SMILES string of the molecule is CC(CO)CONC(=O)C(C)C. The Kier molecular flexibility index (Phi) is 5.66. The predicted octanol–water partition coefficient (Wildman–Crippen LogP) is 0.319. The van der Waals surface area contributed by atoms with Crippen molar-refractivity contribution in [1.29, 1.82) is 0 Å². The van der Waals surface area contributed by atoms with Crippen molar-refractivity contribution < 1.29 is 14.7 Å². The highest BCUT2D eigenvalue weighted by Crippen LogP contribution is 1.93. The lowest BCUT2D eigenvalue weighted by Crippen LogP contribution is -2.30. The number of hydrogen-bond acceptors (Lipinski definition) is 3. The standard InChI is InChI=1S/C8H17NO3/c1-6(2)8(11)9-12-5-7(3)4-10/h6-7,10H,4-5H2,1-3H3,(H,9,11). The lowest BCUT2D eigenvalue weighted by Gasteiger charge is -2.10. The minimum atomic E-state index is -0.139. The monoisotopic (exact) mass is 175 g/mol. The van der Waals surface area contributed by atoms with Gasteiger partial charge in [-0.1, -0.05) is 20.8 Å². The second kappa shape index (κ2) is 5.97. The largest absolute Gasteiger partial charge is 0.396 e. The van der Waals surface area contributed by atoms with Gasteiger partial charge in [0, 0.05) is 18.4 Å². The molecule has 0 aliphatic heterocycles. The number of hydroxylamine groups is 1. The van der Waals surface area contributed by atoms with Crippen LogP contribution in [-0.4, -0.2) is 24.2 Å². The Balaban J connectivity index is 3.37. The molecule has 0 aromatic heterocycles. The fourth-order valence-electron chi connectivity index (χ4n) is 0.426. The van der Waals surface area contributed by atoms with Gasteiger partial charge in [0.15, 0.2) is 0 Å². The van der Waals surface area contributed by atoms with E-state index >= 15 is 0 Å². The van der Waals surface area contributed by atoms with E-state index in [2.05, 4.69) is 5.48 Å². The topological polar surface area (TPSA) is 58.6 Å². The number of hydrogen-bond donors (Lipinski definition) is 2. The van der Waals surface area contributed by atoms with Crippen molar-refractivity contribution in [3.63, 3.8) is 0 Å². The molecule has 0 aromatic rings. The van der Waals surface area contributed by atoms with Gasteiger partial charge >= 0.3 is 0 Å². The number of aliphatic hydroxyl groups is 1. The molecule has 1 unspecified atom stereocenters. The highest BCUT2D eigenvalue weighted by molar-refractivity contribution is 5.76. The summed E-state index contributed by atoms with van der Waals surface area (Å²) in [6.45, 7) is 5.82. The zero-order valence-corrected chi connectivity index (χ0v) is 7.83. The van der Waals surface area contributed by atoms with Gasteiger partial charge in [-0.3, -0.25) is 9.63 Å². The molecule has 0 aliphatic carbocycles. The van der Waals surface area contributed by atoms with E-state index in [0.29, 0.717) is 6.61 Å². The Hall–Kier alpha value is -0.610.